The summed E-state index contributed by atoms with van der Waals surface area (Å²) in [7, 11) is 0. The van der Waals surface area contributed by atoms with Crippen molar-refractivity contribution >= 4 is 11.4 Å². The Morgan fingerprint density at radius 2 is 1.69 bits per heavy atom. The molecule has 16 heavy (non-hydrogen) atoms. The molecule has 1 spiro atoms. The van der Waals surface area contributed by atoms with Gasteiger partial charge in [0.1, 0.15) is 0 Å². The number of anilines is 2. The third-order valence-electron chi connectivity index (χ3n) is 3.86. The molecule has 2 aliphatic heterocycles. The van der Waals surface area contributed by atoms with Crippen LogP contribution in [0, 0.1) is 5.41 Å². The van der Waals surface area contributed by atoms with E-state index in [1.165, 1.54) is 31.6 Å². The number of nitrogens with two attached hydrogens (primary N) is 1. The first-order chi connectivity index (χ1) is 7.77. The smallest absolute Gasteiger partial charge is 0.0472 e. The van der Waals surface area contributed by atoms with E-state index in [0.29, 0.717) is 5.41 Å². The molecule has 2 heterocycles. The van der Waals surface area contributed by atoms with Crippen LogP contribution in [0.15, 0.2) is 24.3 Å². The molecule has 2 aliphatic rings. The van der Waals surface area contributed by atoms with Gasteiger partial charge < -0.3 is 15.4 Å². The predicted octanol–water partition coefficient (Wildman–Crippen LogP) is 1.89. The van der Waals surface area contributed by atoms with Crippen LogP contribution in [0.25, 0.3) is 0 Å². The zero-order valence-corrected chi connectivity index (χ0v) is 9.48. The lowest BCUT2D eigenvalue weighted by atomic mass is 9.73. The van der Waals surface area contributed by atoms with Gasteiger partial charge in [0.25, 0.3) is 0 Å². The van der Waals surface area contributed by atoms with Crippen molar-refractivity contribution in [3.8, 4) is 0 Å². The maximum absolute atomic E-state index is 5.69. The Kier molecular flexibility index (Phi) is 2.28. The van der Waals surface area contributed by atoms with Gasteiger partial charge in [0.2, 0.25) is 0 Å². The van der Waals surface area contributed by atoms with Crippen molar-refractivity contribution in [3.63, 3.8) is 0 Å². The average molecular weight is 218 g/mol. The van der Waals surface area contributed by atoms with Crippen molar-refractivity contribution in [2.75, 3.05) is 36.9 Å². The molecular weight excluding hydrogens is 200 g/mol. The summed E-state index contributed by atoms with van der Waals surface area (Å²) >= 11 is 0. The van der Waals surface area contributed by atoms with Gasteiger partial charge >= 0.3 is 0 Å². The van der Waals surface area contributed by atoms with Gasteiger partial charge in [0.15, 0.2) is 0 Å². The minimum atomic E-state index is 0.541. The fourth-order valence-corrected chi connectivity index (χ4v) is 2.75. The molecular formula is C13H18N2O. The average Bonchev–Trinajstić information content (AvgIpc) is 2.28. The first kappa shape index (κ1) is 9.97. The Bertz CT molecular complexity index is 360. The molecule has 0 atom stereocenters. The standard InChI is InChI=1S/C13H18N2O/c14-11-1-3-12(4-2-11)15-9-13(10-15)5-7-16-8-6-13/h1-4H,5-10,14H2. The van der Waals surface area contributed by atoms with Gasteiger partial charge in [0.05, 0.1) is 0 Å². The van der Waals surface area contributed by atoms with Gasteiger partial charge in [-0.15, -0.1) is 0 Å². The van der Waals surface area contributed by atoms with Gasteiger partial charge in [0, 0.05) is 43.1 Å². The Hall–Kier alpha value is -1.22. The topological polar surface area (TPSA) is 38.5 Å². The Labute approximate surface area is 96.2 Å². The molecule has 2 N–H and O–H groups in total. The summed E-state index contributed by atoms with van der Waals surface area (Å²) in [4.78, 5) is 2.44. The van der Waals surface area contributed by atoms with E-state index in [9.17, 15) is 0 Å². The summed E-state index contributed by atoms with van der Waals surface area (Å²) in [5.41, 5.74) is 8.36. The maximum atomic E-state index is 5.69. The number of hydrogen-bond donors (Lipinski definition) is 1. The molecule has 0 unspecified atom stereocenters. The summed E-state index contributed by atoms with van der Waals surface area (Å²) < 4.78 is 5.42. The van der Waals surface area contributed by atoms with Crippen LogP contribution in [0.4, 0.5) is 11.4 Å². The van der Waals surface area contributed by atoms with E-state index < -0.39 is 0 Å². The summed E-state index contributed by atoms with van der Waals surface area (Å²) in [5.74, 6) is 0. The first-order valence-corrected chi connectivity index (χ1v) is 5.96. The number of rotatable bonds is 1. The largest absolute Gasteiger partial charge is 0.399 e. The van der Waals surface area contributed by atoms with Crippen molar-refractivity contribution in [3.05, 3.63) is 24.3 Å². The predicted molar refractivity (Wildman–Crippen MR) is 65.6 cm³/mol. The maximum Gasteiger partial charge on any atom is 0.0472 e. The minimum absolute atomic E-state index is 0.541. The molecule has 86 valence electrons. The highest BCUT2D eigenvalue weighted by Crippen LogP contribution is 2.41. The second-order valence-corrected chi connectivity index (χ2v) is 5.06. The lowest BCUT2D eigenvalue weighted by Gasteiger charge is -2.53. The zero-order chi connectivity index (χ0) is 11.0. The fraction of sp³-hybridized carbons (Fsp3) is 0.538. The monoisotopic (exact) mass is 218 g/mol. The van der Waals surface area contributed by atoms with Crippen molar-refractivity contribution in [1.82, 2.24) is 0 Å². The van der Waals surface area contributed by atoms with E-state index in [2.05, 4.69) is 17.0 Å². The van der Waals surface area contributed by atoms with E-state index in [1.54, 1.807) is 0 Å². The highest BCUT2D eigenvalue weighted by molar-refractivity contribution is 5.55. The van der Waals surface area contributed by atoms with Crippen LogP contribution in [0.1, 0.15) is 12.8 Å². The molecule has 0 saturated carbocycles. The number of ether oxygens (including phenoxy) is 1. The second-order valence-electron chi connectivity index (χ2n) is 5.06. The molecule has 1 aromatic rings. The van der Waals surface area contributed by atoms with Gasteiger partial charge in [-0.25, -0.2) is 0 Å². The van der Waals surface area contributed by atoms with Gasteiger partial charge in [-0.05, 0) is 37.1 Å². The quantitative estimate of drug-likeness (QED) is 0.731. The van der Waals surface area contributed by atoms with Crippen molar-refractivity contribution in [2.45, 2.75) is 12.8 Å². The number of nitrogen functional groups attached to an aromatic ring is 1. The van der Waals surface area contributed by atoms with Crippen LogP contribution in [0.5, 0.6) is 0 Å². The van der Waals surface area contributed by atoms with Crippen LogP contribution in [0.2, 0.25) is 0 Å². The van der Waals surface area contributed by atoms with Crippen LogP contribution in [-0.2, 0) is 4.74 Å². The highest BCUT2D eigenvalue weighted by atomic mass is 16.5. The van der Waals surface area contributed by atoms with E-state index in [1.807, 2.05) is 12.1 Å². The van der Waals surface area contributed by atoms with Crippen molar-refractivity contribution < 1.29 is 4.74 Å². The Morgan fingerprint density at radius 1 is 1.06 bits per heavy atom. The lowest BCUT2D eigenvalue weighted by Crippen LogP contribution is -2.58. The molecule has 3 nitrogen and oxygen atoms in total. The summed E-state index contributed by atoms with van der Waals surface area (Å²) in [6, 6.07) is 8.18. The molecule has 3 rings (SSSR count). The lowest BCUT2D eigenvalue weighted by molar-refractivity contribution is -0.000189. The zero-order valence-electron chi connectivity index (χ0n) is 9.48. The first-order valence-electron chi connectivity index (χ1n) is 5.96. The normalized spacial score (nSPS) is 23.1. The van der Waals surface area contributed by atoms with Gasteiger partial charge in [-0.2, -0.15) is 0 Å². The van der Waals surface area contributed by atoms with E-state index >= 15 is 0 Å². The third-order valence-corrected chi connectivity index (χ3v) is 3.86. The molecule has 0 radical (unpaired) electrons. The fourth-order valence-electron chi connectivity index (χ4n) is 2.75. The van der Waals surface area contributed by atoms with E-state index in [4.69, 9.17) is 10.5 Å². The van der Waals surface area contributed by atoms with Crippen molar-refractivity contribution in [2.24, 2.45) is 5.41 Å². The molecule has 0 bridgehead atoms. The highest BCUT2D eigenvalue weighted by Gasteiger charge is 2.43. The molecule has 0 aromatic heterocycles. The summed E-state index contributed by atoms with van der Waals surface area (Å²) in [5, 5.41) is 0. The Morgan fingerprint density at radius 3 is 2.31 bits per heavy atom. The number of nitrogens with zero attached hydrogens (tertiary/aromatic N) is 1. The molecule has 2 fully saturated rings. The molecule has 2 saturated heterocycles. The summed E-state index contributed by atoms with van der Waals surface area (Å²) in [6.45, 7) is 4.24. The van der Waals surface area contributed by atoms with Gasteiger partial charge in [-0.1, -0.05) is 0 Å². The van der Waals surface area contributed by atoms with Gasteiger partial charge in [-0.3, -0.25) is 0 Å². The minimum Gasteiger partial charge on any atom is -0.399 e. The Balaban J connectivity index is 1.66. The SMILES string of the molecule is Nc1ccc(N2CC3(CCOCC3)C2)cc1. The van der Waals surface area contributed by atoms with Crippen LogP contribution in [0.3, 0.4) is 0 Å². The third kappa shape index (κ3) is 1.65. The number of hydrogen-bond acceptors (Lipinski definition) is 3. The van der Waals surface area contributed by atoms with E-state index in [-0.39, 0.29) is 0 Å². The molecule has 1 aromatic carbocycles. The van der Waals surface area contributed by atoms with E-state index in [0.717, 1.165) is 18.9 Å². The molecule has 3 heteroatoms. The number of benzene rings is 1. The summed E-state index contributed by atoms with van der Waals surface area (Å²) in [6.07, 6.45) is 2.44. The second kappa shape index (κ2) is 3.67. The van der Waals surface area contributed by atoms with Crippen LogP contribution in [-0.4, -0.2) is 26.3 Å². The van der Waals surface area contributed by atoms with Crippen LogP contribution < -0.4 is 10.6 Å². The molecule has 0 amide bonds. The van der Waals surface area contributed by atoms with Crippen LogP contribution >= 0.6 is 0 Å². The molecule has 0 aliphatic carbocycles. The van der Waals surface area contributed by atoms with Crippen molar-refractivity contribution in [1.29, 1.82) is 0 Å².